The quantitative estimate of drug-likeness (QED) is 0.170. The predicted molar refractivity (Wildman–Crippen MR) is 158 cm³/mol. The van der Waals surface area contributed by atoms with Crippen molar-refractivity contribution < 1.29 is 22.2 Å². The van der Waals surface area contributed by atoms with Crippen molar-refractivity contribution >= 4 is 39.6 Å². The number of aromatic nitrogens is 1. The van der Waals surface area contributed by atoms with Gasteiger partial charge in [0.1, 0.15) is 10.6 Å². The Morgan fingerprint density at radius 1 is 1.15 bits per heavy atom. The molecule has 0 aliphatic heterocycles. The summed E-state index contributed by atoms with van der Waals surface area (Å²) in [6.07, 6.45) is 2.35. The van der Waals surface area contributed by atoms with Crippen LogP contribution in [0.3, 0.4) is 0 Å². The van der Waals surface area contributed by atoms with Crippen molar-refractivity contribution in [2.45, 2.75) is 51.3 Å². The summed E-state index contributed by atoms with van der Waals surface area (Å²) in [4.78, 5) is 26.5. The lowest BCUT2D eigenvalue weighted by Crippen LogP contribution is -2.41. The zero-order valence-electron chi connectivity index (χ0n) is 22.9. The van der Waals surface area contributed by atoms with Crippen LogP contribution >= 0.6 is 11.6 Å². The van der Waals surface area contributed by atoms with Crippen LogP contribution in [0, 0.1) is 5.82 Å². The van der Waals surface area contributed by atoms with E-state index in [1.54, 1.807) is 19.3 Å². The summed E-state index contributed by atoms with van der Waals surface area (Å²) in [5.74, 6) is -0.901. The molecule has 3 rings (SSSR count). The van der Waals surface area contributed by atoms with Crippen molar-refractivity contribution in [1.82, 2.24) is 14.0 Å². The summed E-state index contributed by atoms with van der Waals surface area (Å²) in [7, 11) is -1.22. The highest BCUT2D eigenvalue weighted by Gasteiger charge is 2.31. The van der Waals surface area contributed by atoms with Crippen molar-refractivity contribution in [2.75, 3.05) is 6.54 Å². The van der Waals surface area contributed by atoms with Gasteiger partial charge in [0.15, 0.2) is 5.78 Å². The molecule has 2 N–H and O–H groups in total. The SMILES string of the molecule is CCC(N[S@@+]([O-])C(C)(C)C)c1cc(=O)n(C)cc1-c1cc(CCN[SH](=O)=O)c(Cl)cc1C(=O)c1ccc(F)cc1. The Morgan fingerprint density at radius 2 is 1.80 bits per heavy atom. The van der Waals surface area contributed by atoms with Crippen LogP contribution in [0.5, 0.6) is 0 Å². The Hall–Kier alpha value is -2.54. The van der Waals surface area contributed by atoms with E-state index in [0.29, 0.717) is 28.7 Å². The van der Waals surface area contributed by atoms with Gasteiger partial charge in [-0.25, -0.2) is 17.5 Å². The zero-order chi connectivity index (χ0) is 29.8. The lowest BCUT2D eigenvalue weighted by Gasteiger charge is -2.29. The van der Waals surface area contributed by atoms with Crippen LogP contribution in [-0.4, -0.2) is 34.6 Å². The van der Waals surface area contributed by atoms with Crippen LogP contribution in [0.2, 0.25) is 5.02 Å². The topological polar surface area (TPSA) is 120 Å². The van der Waals surface area contributed by atoms with E-state index in [-0.39, 0.29) is 34.7 Å². The molecule has 0 amide bonds. The minimum atomic E-state index is -2.80. The van der Waals surface area contributed by atoms with Gasteiger partial charge in [-0.1, -0.05) is 18.5 Å². The van der Waals surface area contributed by atoms with E-state index in [2.05, 4.69) is 9.44 Å². The van der Waals surface area contributed by atoms with Gasteiger partial charge in [-0.3, -0.25) is 9.59 Å². The molecule has 8 nitrogen and oxygen atoms in total. The molecular weight excluding hydrogens is 577 g/mol. The van der Waals surface area contributed by atoms with Crippen LogP contribution in [-0.2, 0) is 35.7 Å². The highest BCUT2D eigenvalue weighted by molar-refractivity contribution is 7.90. The van der Waals surface area contributed by atoms with Gasteiger partial charge < -0.3 is 9.12 Å². The number of hydrogen-bond donors (Lipinski definition) is 3. The summed E-state index contributed by atoms with van der Waals surface area (Å²) in [6, 6.07) is 9.31. The van der Waals surface area contributed by atoms with Crippen LogP contribution in [0.4, 0.5) is 4.39 Å². The van der Waals surface area contributed by atoms with Gasteiger partial charge in [-0.05, 0) is 86.7 Å². The first-order valence-corrected chi connectivity index (χ1v) is 15.3. The molecule has 0 bridgehead atoms. The molecule has 0 aliphatic carbocycles. The molecule has 1 heterocycles. The molecule has 40 heavy (non-hydrogen) atoms. The number of nitrogens with one attached hydrogen (secondary N) is 2. The zero-order valence-corrected chi connectivity index (χ0v) is 25.4. The van der Waals surface area contributed by atoms with Crippen LogP contribution in [0.15, 0.2) is 53.5 Å². The third-order valence-corrected chi connectivity index (χ3v) is 8.76. The third-order valence-electron chi connectivity index (χ3n) is 6.31. The third kappa shape index (κ3) is 7.80. The molecule has 0 fully saturated rings. The second-order valence-electron chi connectivity index (χ2n) is 10.3. The summed E-state index contributed by atoms with van der Waals surface area (Å²) in [6.45, 7) is 7.49. The van der Waals surface area contributed by atoms with E-state index in [9.17, 15) is 27.0 Å². The number of pyridine rings is 1. The maximum absolute atomic E-state index is 13.7. The minimum absolute atomic E-state index is 0.0902. The van der Waals surface area contributed by atoms with Crippen LogP contribution in [0.1, 0.15) is 67.2 Å². The smallest absolute Gasteiger partial charge is 0.250 e. The fraction of sp³-hybridized carbons (Fsp3) is 0.357. The Labute approximate surface area is 243 Å². The number of aryl methyl sites for hydroxylation is 1. The molecule has 1 unspecified atom stereocenters. The summed E-state index contributed by atoms with van der Waals surface area (Å²) < 4.78 is 55.0. The van der Waals surface area contributed by atoms with E-state index in [4.69, 9.17) is 11.6 Å². The fourth-order valence-corrected chi connectivity index (χ4v) is 5.55. The fourth-order valence-electron chi connectivity index (χ4n) is 4.09. The van der Waals surface area contributed by atoms with Gasteiger partial charge in [-0.2, -0.15) is 0 Å². The summed E-state index contributed by atoms with van der Waals surface area (Å²) >= 11 is 5.11. The molecular formula is C28H33ClFN3O5S2. The van der Waals surface area contributed by atoms with Crippen molar-refractivity contribution in [1.29, 1.82) is 0 Å². The number of thiol groups is 1. The van der Waals surface area contributed by atoms with Crippen LogP contribution in [0.25, 0.3) is 11.1 Å². The summed E-state index contributed by atoms with van der Waals surface area (Å²) in [5, 5.41) is 0.252. The standard InChI is InChI=1S/C28H33ClFN3O5S2/c1-6-25(32-39(36)28(2,3)4)21-15-26(34)33(5)16-23(21)20-13-18(11-12-31-40(37)38)24(29)14-22(20)27(35)17-7-9-19(30)10-8-17/h7-10,13-16,25,32,40H,6,11-12H2,1-5H3,(H,31,37,38)/t25?,39-/m0/s1. The van der Waals surface area contributed by atoms with E-state index >= 15 is 0 Å². The van der Waals surface area contributed by atoms with Gasteiger partial charge in [-0.15, -0.1) is 4.72 Å². The highest BCUT2D eigenvalue weighted by Crippen LogP contribution is 2.36. The number of nitrogens with zero attached hydrogens (tertiary/aromatic N) is 1. The van der Waals surface area contributed by atoms with Crippen molar-refractivity contribution in [3.05, 3.63) is 92.1 Å². The van der Waals surface area contributed by atoms with E-state index < -0.39 is 44.6 Å². The summed E-state index contributed by atoms with van der Waals surface area (Å²) in [5.41, 5.74) is 2.29. The molecule has 2 aromatic carbocycles. The number of ketones is 1. The number of carbonyl (C=O) groups excluding carboxylic acids is 1. The Bertz CT molecular complexity index is 1510. The highest BCUT2D eigenvalue weighted by atomic mass is 35.5. The molecule has 1 aromatic heterocycles. The first kappa shape index (κ1) is 32.0. The molecule has 0 saturated carbocycles. The Balaban J connectivity index is 2.28. The maximum Gasteiger partial charge on any atom is 0.250 e. The Morgan fingerprint density at radius 3 is 2.38 bits per heavy atom. The van der Waals surface area contributed by atoms with E-state index in [0.717, 1.165) is 0 Å². The van der Waals surface area contributed by atoms with Crippen LogP contribution < -0.4 is 15.0 Å². The molecule has 0 radical (unpaired) electrons. The molecule has 0 aliphatic rings. The molecule has 0 saturated heterocycles. The van der Waals surface area contributed by atoms with Crippen molar-refractivity contribution in [3.8, 4) is 11.1 Å². The molecule has 12 heteroatoms. The average Bonchev–Trinajstić information content (AvgIpc) is 2.88. The Kier molecular flexibility index (Phi) is 10.7. The largest absolute Gasteiger partial charge is 0.598 e. The lowest BCUT2D eigenvalue weighted by atomic mass is 9.88. The van der Waals surface area contributed by atoms with Gasteiger partial charge in [0, 0.05) is 58.9 Å². The lowest BCUT2D eigenvalue weighted by molar-refractivity contribution is 0.103. The number of carbonyl (C=O) groups is 1. The minimum Gasteiger partial charge on any atom is -0.598 e. The van der Waals surface area contributed by atoms with Crippen molar-refractivity contribution in [3.63, 3.8) is 0 Å². The maximum atomic E-state index is 13.7. The van der Waals surface area contributed by atoms with Gasteiger partial charge in [0.2, 0.25) is 10.9 Å². The number of rotatable bonds is 11. The monoisotopic (exact) mass is 609 g/mol. The number of halogens is 2. The predicted octanol–water partition coefficient (Wildman–Crippen LogP) is 4.24. The second kappa shape index (κ2) is 13.4. The van der Waals surface area contributed by atoms with Gasteiger partial charge in [0.25, 0.3) is 5.56 Å². The van der Waals surface area contributed by atoms with E-state index in [1.807, 2.05) is 27.7 Å². The first-order chi connectivity index (χ1) is 18.7. The molecule has 216 valence electrons. The molecule has 0 spiro atoms. The van der Waals surface area contributed by atoms with Gasteiger partial charge >= 0.3 is 0 Å². The van der Waals surface area contributed by atoms with Gasteiger partial charge in [0.05, 0.1) is 6.04 Å². The second-order valence-corrected chi connectivity index (χ2v) is 13.5. The average molecular weight is 610 g/mol. The molecule has 2 atom stereocenters. The first-order valence-electron chi connectivity index (χ1n) is 12.6. The molecule has 3 aromatic rings. The normalized spacial score (nSPS) is 13.4. The number of benzene rings is 2. The van der Waals surface area contributed by atoms with E-state index in [1.165, 1.54) is 41.0 Å². The number of hydrogen-bond acceptors (Lipinski definition) is 6. The van der Waals surface area contributed by atoms with Crippen molar-refractivity contribution in [2.24, 2.45) is 7.05 Å².